The van der Waals surface area contributed by atoms with Gasteiger partial charge in [0.25, 0.3) is 0 Å². The number of halogens is 1. The van der Waals surface area contributed by atoms with Gasteiger partial charge in [0.05, 0.1) is 28.3 Å². The molecule has 1 aromatic heterocycles. The molecule has 5 nitrogen and oxygen atoms in total. The van der Waals surface area contributed by atoms with Crippen LogP contribution in [0.25, 0.3) is 0 Å². The molecule has 3 rings (SSSR count). The van der Waals surface area contributed by atoms with Crippen LogP contribution in [0.1, 0.15) is 31.2 Å². The van der Waals surface area contributed by atoms with Gasteiger partial charge in [0.15, 0.2) is 0 Å². The molecule has 2 unspecified atom stereocenters. The van der Waals surface area contributed by atoms with Crippen LogP contribution in [0.15, 0.2) is 4.47 Å². The molecule has 2 fully saturated rings. The molecular formula is C14H21BrN4O. The summed E-state index contributed by atoms with van der Waals surface area (Å²) in [5.41, 5.74) is 2.10. The van der Waals surface area contributed by atoms with Crippen LogP contribution in [0.2, 0.25) is 0 Å². The predicted molar refractivity (Wildman–Crippen MR) is 80.3 cm³/mol. The topological polar surface area (TPSA) is 50.2 Å². The number of carbonyl (C=O) groups is 1. The molecular weight excluding hydrogens is 320 g/mol. The van der Waals surface area contributed by atoms with Gasteiger partial charge in [-0.1, -0.05) is 0 Å². The number of aromatic nitrogens is 2. The second-order valence-electron chi connectivity index (χ2n) is 5.69. The molecule has 2 atom stereocenters. The van der Waals surface area contributed by atoms with Crippen molar-refractivity contribution in [3.63, 3.8) is 0 Å². The van der Waals surface area contributed by atoms with Crippen LogP contribution in [0.4, 0.5) is 0 Å². The minimum absolute atomic E-state index is 0.182. The lowest BCUT2D eigenvalue weighted by Gasteiger charge is -2.23. The number of amides is 1. The van der Waals surface area contributed by atoms with Crippen molar-refractivity contribution in [1.29, 1.82) is 0 Å². The highest BCUT2D eigenvalue weighted by molar-refractivity contribution is 9.10. The lowest BCUT2D eigenvalue weighted by atomic mass is 9.94. The molecule has 6 heteroatoms. The normalized spacial score (nSPS) is 26.1. The lowest BCUT2D eigenvalue weighted by molar-refractivity contribution is -0.132. The van der Waals surface area contributed by atoms with E-state index in [4.69, 9.17) is 0 Å². The van der Waals surface area contributed by atoms with Gasteiger partial charge < -0.3 is 10.2 Å². The highest BCUT2D eigenvalue weighted by Crippen LogP contribution is 2.29. The van der Waals surface area contributed by atoms with Crippen molar-refractivity contribution >= 4 is 21.8 Å². The summed E-state index contributed by atoms with van der Waals surface area (Å²) >= 11 is 3.61. The monoisotopic (exact) mass is 340 g/mol. The number of nitrogens with one attached hydrogen (secondary N) is 1. The van der Waals surface area contributed by atoms with Crippen LogP contribution in [0, 0.1) is 12.8 Å². The second-order valence-corrected chi connectivity index (χ2v) is 6.48. The summed E-state index contributed by atoms with van der Waals surface area (Å²) in [7, 11) is 0. The zero-order valence-corrected chi connectivity index (χ0v) is 13.6. The quantitative estimate of drug-likeness (QED) is 0.910. The molecule has 110 valence electrons. The van der Waals surface area contributed by atoms with Crippen LogP contribution in [0.3, 0.4) is 0 Å². The van der Waals surface area contributed by atoms with E-state index in [9.17, 15) is 4.79 Å². The fraction of sp³-hybridized carbons (Fsp3) is 0.714. The van der Waals surface area contributed by atoms with Crippen LogP contribution in [-0.4, -0.2) is 39.7 Å². The van der Waals surface area contributed by atoms with Gasteiger partial charge in [-0.05, 0) is 49.2 Å². The standard InChI is InChI=1S/C14H21BrN4O/c1-3-19-12(13(15)9(2)17-19)8-18-7-11-10(14(18)20)5-4-6-16-11/h10-11,16H,3-8H2,1-2H3. The summed E-state index contributed by atoms with van der Waals surface area (Å²) < 4.78 is 3.03. The van der Waals surface area contributed by atoms with Crippen molar-refractivity contribution in [3.05, 3.63) is 15.9 Å². The number of hydrogen-bond donors (Lipinski definition) is 1. The molecule has 2 saturated heterocycles. The number of nitrogens with zero attached hydrogens (tertiary/aromatic N) is 3. The molecule has 0 bridgehead atoms. The van der Waals surface area contributed by atoms with Gasteiger partial charge in [-0.2, -0.15) is 5.10 Å². The molecule has 0 saturated carbocycles. The number of hydrogen-bond acceptors (Lipinski definition) is 3. The van der Waals surface area contributed by atoms with Crippen LogP contribution >= 0.6 is 15.9 Å². The van der Waals surface area contributed by atoms with E-state index in [-0.39, 0.29) is 5.92 Å². The number of likely N-dealkylation sites (tertiary alicyclic amines) is 1. The Morgan fingerprint density at radius 1 is 1.50 bits per heavy atom. The third-order valence-corrected chi connectivity index (χ3v) is 5.46. The molecule has 3 heterocycles. The smallest absolute Gasteiger partial charge is 0.227 e. The summed E-state index contributed by atoms with van der Waals surface area (Å²) in [6.07, 6.45) is 2.14. The van der Waals surface area contributed by atoms with Crippen LogP contribution < -0.4 is 5.32 Å². The molecule has 2 aliphatic heterocycles. The number of carbonyl (C=O) groups excluding carboxylic acids is 1. The van der Waals surface area contributed by atoms with E-state index in [2.05, 4.69) is 33.3 Å². The average molecular weight is 341 g/mol. The van der Waals surface area contributed by atoms with Crippen molar-refractivity contribution in [3.8, 4) is 0 Å². The van der Waals surface area contributed by atoms with E-state index in [1.807, 2.05) is 16.5 Å². The highest BCUT2D eigenvalue weighted by Gasteiger charge is 2.41. The largest absolute Gasteiger partial charge is 0.335 e. The summed E-state index contributed by atoms with van der Waals surface area (Å²) in [5.74, 6) is 0.484. The molecule has 1 aromatic rings. The van der Waals surface area contributed by atoms with E-state index in [0.717, 1.165) is 48.3 Å². The minimum atomic E-state index is 0.182. The molecule has 0 aliphatic carbocycles. The van der Waals surface area contributed by atoms with Crippen molar-refractivity contribution in [2.24, 2.45) is 5.92 Å². The maximum absolute atomic E-state index is 12.5. The Morgan fingerprint density at radius 3 is 3.00 bits per heavy atom. The highest BCUT2D eigenvalue weighted by atomic mass is 79.9. The van der Waals surface area contributed by atoms with Gasteiger partial charge >= 0.3 is 0 Å². The first-order chi connectivity index (χ1) is 9.61. The summed E-state index contributed by atoms with van der Waals surface area (Å²) in [4.78, 5) is 14.5. The maximum atomic E-state index is 12.5. The molecule has 20 heavy (non-hydrogen) atoms. The summed E-state index contributed by atoms with van der Waals surface area (Å²) in [6, 6.07) is 0.342. The van der Waals surface area contributed by atoms with Crippen molar-refractivity contribution in [2.45, 2.75) is 45.8 Å². The zero-order valence-electron chi connectivity index (χ0n) is 12.0. The molecule has 1 N–H and O–H groups in total. The summed E-state index contributed by atoms with van der Waals surface area (Å²) in [5, 5.41) is 7.98. The van der Waals surface area contributed by atoms with Crippen LogP contribution in [0.5, 0.6) is 0 Å². The van der Waals surface area contributed by atoms with E-state index < -0.39 is 0 Å². The zero-order chi connectivity index (χ0) is 14.3. The molecule has 1 amide bonds. The van der Waals surface area contributed by atoms with E-state index in [0.29, 0.717) is 18.5 Å². The van der Waals surface area contributed by atoms with Crippen molar-refractivity contribution in [2.75, 3.05) is 13.1 Å². The van der Waals surface area contributed by atoms with Gasteiger partial charge in [-0.25, -0.2) is 0 Å². The first-order valence-electron chi connectivity index (χ1n) is 7.35. The Morgan fingerprint density at radius 2 is 2.30 bits per heavy atom. The number of piperidine rings is 1. The Kier molecular flexibility index (Phi) is 3.86. The summed E-state index contributed by atoms with van der Waals surface area (Å²) in [6.45, 7) is 7.42. The third kappa shape index (κ3) is 2.29. The van der Waals surface area contributed by atoms with Gasteiger partial charge in [-0.15, -0.1) is 0 Å². The van der Waals surface area contributed by atoms with Gasteiger partial charge in [0.2, 0.25) is 5.91 Å². The Hall–Kier alpha value is -0.880. The average Bonchev–Trinajstić information content (AvgIpc) is 2.92. The molecule has 0 spiro atoms. The van der Waals surface area contributed by atoms with Gasteiger partial charge in [0, 0.05) is 19.1 Å². The fourth-order valence-electron chi connectivity index (χ4n) is 3.35. The third-order valence-electron chi connectivity index (χ3n) is 4.42. The number of fused-ring (bicyclic) bond motifs is 1. The lowest BCUT2D eigenvalue weighted by Crippen LogP contribution is -2.41. The van der Waals surface area contributed by atoms with E-state index in [1.165, 1.54) is 0 Å². The van der Waals surface area contributed by atoms with E-state index in [1.54, 1.807) is 0 Å². The van der Waals surface area contributed by atoms with Gasteiger partial charge in [-0.3, -0.25) is 9.48 Å². The number of aryl methyl sites for hydroxylation is 2. The molecule has 0 aromatic carbocycles. The fourth-order valence-corrected chi connectivity index (χ4v) is 3.75. The SMILES string of the molecule is CCn1nc(C)c(Br)c1CN1CC2NCCCC2C1=O. The first-order valence-corrected chi connectivity index (χ1v) is 8.15. The van der Waals surface area contributed by atoms with Crippen molar-refractivity contribution < 1.29 is 4.79 Å². The Labute approximate surface area is 127 Å². The number of rotatable bonds is 3. The van der Waals surface area contributed by atoms with Gasteiger partial charge in [0.1, 0.15) is 0 Å². The van der Waals surface area contributed by atoms with E-state index >= 15 is 0 Å². The first kappa shape index (κ1) is 14.1. The predicted octanol–water partition coefficient (Wildman–Crippen LogP) is 1.68. The maximum Gasteiger partial charge on any atom is 0.227 e. The second kappa shape index (κ2) is 5.48. The van der Waals surface area contributed by atoms with Crippen molar-refractivity contribution in [1.82, 2.24) is 20.0 Å². The Bertz CT molecular complexity index is 527. The Balaban J connectivity index is 1.80. The molecule has 2 aliphatic rings. The minimum Gasteiger partial charge on any atom is -0.335 e. The van der Waals surface area contributed by atoms with Crippen LogP contribution in [-0.2, 0) is 17.9 Å². The molecule has 0 radical (unpaired) electrons.